The van der Waals surface area contributed by atoms with Crippen molar-refractivity contribution < 1.29 is 13.0 Å². The first-order valence-electron chi connectivity index (χ1n) is 5.89. The van der Waals surface area contributed by atoms with Crippen LogP contribution in [0.3, 0.4) is 0 Å². The van der Waals surface area contributed by atoms with Crippen molar-refractivity contribution in [3.05, 3.63) is 18.7 Å². The van der Waals surface area contributed by atoms with Crippen molar-refractivity contribution in [1.29, 1.82) is 0 Å². The van der Waals surface area contributed by atoms with E-state index in [9.17, 15) is 8.42 Å². The molecule has 0 fully saturated rings. The summed E-state index contributed by atoms with van der Waals surface area (Å²) in [6, 6.07) is 0. The summed E-state index contributed by atoms with van der Waals surface area (Å²) in [6.45, 7) is 3.19. The number of hydrogen-bond donors (Lipinski definition) is 1. The Morgan fingerprint density at radius 3 is 2.62 bits per heavy atom. The minimum Gasteiger partial charge on any atom is -0.237 e. The summed E-state index contributed by atoms with van der Waals surface area (Å²) in [5.74, 6) is 0.0815. The Bertz CT molecular complexity index is 364. The Labute approximate surface area is 98.9 Å². The monoisotopic (exact) mass is 245 g/mol. The molecular weight excluding hydrogens is 224 g/mol. The lowest BCUT2D eigenvalue weighted by molar-refractivity contribution is -0.676. The highest BCUT2D eigenvalue weighted by Crippen LogP contribution is 2.03. The van der Waals surface area contributed by atoms with Crippen molar-refractivity contribution in [3.8, 4) is 0 Å². The van der Waals surface area contributed by atoms with Gasteiger partial charge in [-0.1, -0.05) is 26.2 Å². The molecule has 0 aromatic carbocycles. The molecule has 0 radical (unpaired) electrons. The fraction of sp³-hybridized carbons (Fsp3) is 0.727. The van der Waals surface area contributed by atoms with Crippen LogP contribution < -0.4 is 4.57 Å². The third kappa shape index (κ3) is 5.30. The number of aryl methyl sites for hydroxylation is 1. The van der Waals surface area contributed by atoms with E-state index in [1.165, 1.54) is 25.7 Å². The van der Waals surface area contributed by atoms with Crippen LogP contribution in [-0.2, 0) is 23.1 Å². The molecule has 92 valence electrons. The molecule has 0 aliphatic rings. The lowest BCUT2D eigenvalue weighted by Crippen LogP contribution is -2.31. The van der Waals surface area contributed by atoms with Crippen LogP contribution in [0.15, 0.2) is 18.7 Å². The summed E-state index contributed by atoms with van der Waals surface area (Å²) in [4.78, 5) is 0. The standard InChI is InChI=1S/C11H21N2O2S/c1-2-3-4-5-6-7-12-8-9-13(10-12)11-16(14)15/h8-10,16H,2-7,11H2,1H3/q+1. The molecule has 1 aromatic heterocycles. The number of nitrogens with zero attached hydrogens (tertiary/aromatic N) is 2. The second kappa shape index (κ2) is 7.44. The van der Waals surface area contributed by atoms with E-state index in [4.69, 9.17) is 0 Å². The Kier molecular flexibility index (Phi) is 6.15. The molecular formula is C11H21N2O2S+. The zero-order chi connectivity index (χ0) is 11.8. The van der Waals surface area contributed by atoms with Crippen molar-refractivity contribution in [3.63, 3.8) is 0 Å². The number of aromatic nitrogens is 2. The minimum absolute atomic E-state index is 0.0815. The first-order valence-corrected chi connectivity index (χ1v) is 7.25. The van der Waals surface area contributed by atoms with E-state index in [0.29, 0.717) is 0 Å². The average Bonchev–Trinajstić information content (AvgIpc) is 2.64. The lowest BCUT2D eigenvalue weighted by Gasteiger charge is -1.97. The van der Waals surface area contributed by atoms with E-state index in [1.54, 1.807) is 10.8 Å². The minimum atomic E-state index is -2.33. The number of thiol groups is 1. The van der Waals surface area contributed by atoms with Crippen molar-refractivity contribution in [2.24, 2.45) is 0 Å². The van der Waals surface area contributed by atoms with Crippen LogP contribution in [-0.4, -0.2) is 13.0 Å². The van der Waals surface area contributed by atoms with Gasteiger partial charge in [0.25, 0.3) is 0 Å². The highest BCUT2D eigenvalue weighted by atomic mass is 32.2. The normalized spacial score (nSPS) is 11.1. The molecule has 0 unspecified atom stereocenters. The zero-order valence-electron chi connectivity index (χ0n) is 9.84. The summed E-state index contributed by atoms with van der Waals surface area (Å²) >= 11 is 0. The Morgan fingerprint density at radius 2 is 1.94 bits per heavy atom. The molecule has 4 nitrogen and oxygen atoms in total. The van der Waals surface area contributed by atoms with Gasteiger partial charge in [-0.05, 0) is 12.8 Å². The largest absolute Gasteiger partial charge is 0.244 e. The molecule has 0 saturated carbocycles. The van der Waals surface area contributed by atoms with Gasteiger partial charge in [0.05, 0.1) is 6.54 Å². The maximum absolute atomic E-state index is 10.5. The number of unbranched alkanes of at least 4 members (excludes halogenated alkanes) is 4. The zero-order valence-corrected chi connectivity index (χ0v) is 10.7. The lowest BCUT2D eigenvalue weighted by atomic mass is 10.1. The van der Waals surface area contributed by atoms with Crippen LogP contribution in [0.25, 0.3) is 0 Å². The van der Waals surface area contributed by atoms with Crippen molar-refractivity contribution in [1.82, 2.24) is 4.57 Å². The van der Waals surface area contributed by atoms with Gasteiger partial charge in [0, 0.05) is 0 Å². The van der Waals surface area contributed by atoms with E-state index < -0.39 is 10.7 Å². The number of rotatable bonds is 8. The second-order valence-corrected chi connectivity index (χ2v) is 5.00. The predicted octanol–water partition coefficient (Wildman–Crippen LogP) is 1.31. The van der Waals surface area contributed by atoms with E-state index in [1.807, 2.05) is 17.1 Å². The Balaban J connectivity index is 2.24. The fourth-order valence-electron chi connectivity index (χ4n) is 1.69. The number of imidazole rings is 1. The molecule has 1 rings (SSSR count). The topological polar surface area (TPSA) is 43.0 Å². The molecule has 0 aliphatic heterocycles. The molecule has 5 heteroatoms. The molecule has 1 aromatic rings. The summed E-state index contributed by atoms with van der Waals surface area (Å²) in [6.07, 6.45) is 11.9. The quantitative estimate of drug-likeness (QED) is 0.426. The van der Waals surface area contributed by atoms with Gasteiger partial charge < -0.3 is 0 Å². The van der Waals surface area contributed by atoms with Crippen molar-refractivity contribution in [2.45, 2.75) is 51.4 Å². The summed E-state index contributed by atoms with van der Waals surface area (Å²) < 4.78 is 24.8. The molecule has 16 heavy (non-hydrogen) atoms. The van der Waals surface area contributed by atoms with E-state index in [2.05, 4.69) is 6.92 Å². The fourth-order valence-corrected chi connectivity index (χ4v) is 2.12. The van der Waals surface area contributed by atoms with Crippen LogP contribution in [0.2, 0.25) is 0 Å². The molecule has 0 spiro atoms. The Morgan fingerprint density at radius 1 is 1.19 bits per heavy atom. The molecule has 0 aliphatic carbocycles. The smallest absolute Gasteiger partial charge is 0.237 e. The maximum atomic E-state index is 10.5. The van der Waals surface area contributed by atoms with E-state index >= 15 is 0 Å². The van der Waals surface area contributed by atoms with Gasteiger partial charge in [-0.2, -0.15) is 0 Å². The summed E-state index contributed by atoms with van der Waals surface area (Å²) in [5, 5.41) is 0. The third-order valence-electron chi connectivity index (χ3n) is 2.54. The number of hydrogen-bond acceptors (Lipinski definition) is 2. The molecule has 0 N–H and O–H groups in total. The molecule has 0 amide bonds. The van der Waals surface area contributed by atoms with Crippen molar-refractivity contribution in [2.75, 3.05) is 0 Å². The van der Waals surface area contributed by atoms with Gasteiger partial charge in [-0.25, -0.2) is 17.6 Å². The highest BCUT2D eigenvalue weighted by Gasteiger charge is 2.03. The second-order valence-electron chi connectivity index (χ2n) is 4.05. The van der Waals surface area contributed by atoms with Crippen molar-refractivity contribution >= 4 is 10.7 Å². The van der Waals surface area contributed by atoms with Gasteiger partial charge in [0.2, 0.25) is 6.33 Å². The Hall–Kier alpha value is -0.840. The van der Waals surface area contributed by atoms with Gasteiger partial charge in [-0.3, -0.25) is 0 Å². The van der Waals surface area contributed by atoms with E-state index in [-0.39, 0.29) is 5.88 Å². The van der Waals surface area contributed by atoms with Gasteiger partial charge in [0.15, 0.2) is 16.6 Å². The molecule has 1 heterocycles. The van der Waals surface area contributed by atoms with Crippen LogP contribution in [0, 0.1) is 0 Å². The summed E-state index contributed by atoms with van der Waals surface area (Å²) in [5.41, 5.74) is 0. The van der Waals surface area contributed by atoms with Crippen LogP contribution >= 0.6 is 0 Å². The van der Waals surface area contributed by atoms with Crippen LogP contribution in [0.5, 0.6) is 0 Å². The van der Waals surface area contributed by atoms with Gasteiger partial charge >= 0.3 is 0 Å². The first-order chi connectivity index (χ1) is 7.72. The SMILES string of the molecule is CCCCCCCn1cc[n+](C[SH](=O)=O)c1. The maximum Gasteiger partial charge on any atom is 0.244 e. The molecule has 0 bridgehead atoms. The third-order valence-corrected chi connectivity index (χ3v) is 3.10. The van der Waals surface area contributed by atoms with Gasteiger partial charge in [-0.15, -0.1) is 0 Å². The molecule has 0 saturated heterocycles. The first kappa shape index (κ1) is 13.2. The summed E-state index contributed by atoms with van der Waals surface area (Å²) in [7, 11) is -2.33. The molecule has 0 atom stereocenters. The average molecular weight is 245 g/mol. The van der Waals surface area contributed by atoms with Crippen LogP contribution in [0.4, 0.5) is 0 Å². The van der Waals surface area contributed by atoms with Gasteiger partial charge in [0.1, 0.15) is 12.4 Å². The highest BCUT2D eigenvalue weighted by molar-refractivity contribution is 7.71. The predicted molar refractivity (Wildman–Crippen MR) is 63.7 cm³/mol. The van der Waals surface area contributed by atoms with E-state index in [0.717, 1.165) is 13.0 Å². The van der Waals surface area contributed by atoms with Crippen LogP contribution in [0.1, 0.15) is 39.0 Å².